The van der Waals surface area contributed by atoms with E-state index in [0.29, 0.717) is 31.7 Å². The largest absolute Gasteiger partial charge is 0.395 e. The maximum atomic E-state index is 12.3. The van der Waals surface area contributed by atoms with Gasteiger partial charge in [0.1, 0.15) is 6.33 Å². The minimum atomic E-state index is -0.479. The molecule has 0 radical (unpaired) electrons. The van der Waals surface area contributed by atoms with Crippen LogP contribution in [-0.4, -0.2) is 39.3 Å². The van der Waals surface area contributed by atoms with Gasteiger partial charge in [-0.25, -0.2) is 4.79 Å². The highest BCUT2D eigenvalue weighted by atomic mass is 32.2. The highest BCUT2D eigenvalue weighted by molar-refractivity contribution is 7.99. The van der Waals surface area contributed by atoms with Crippen LogP contribution in [0.25, 0.3) is 5.69 Å². The quantitative estimate of drug-likeness (QED) is 0.657. The van der Waals surface area contributed by atoms with Gasteiger partial charge in [0.2, 0.25) is 0 Å². The lowest BCUT2D eigenvalue weighted by Gasteiger charge is -2.31. The van der Waals surface area contributed by atoms with Gasteiger partial charge in [-0.3, -0.25) is 4.57 Å². The number of nitriles is 1. The van der Waals surface area contributed by atoms with Crippen molar-refractivity contribution in [3.8, 4) is 11.8 Å². The highest BCUT2D eigenvalue weighted by Gasteiger charge is 2.34. The second-order valence-electron chi connectivity index (χ2n) is 7.17. The van der Waals surface area contributed by atoms with Crippen molar-refractivity contribution in [1.29, 1.82) is 5.26 Å². The van der Waals surface area contributed by atoms with Crippen LogP contribution < -0.4 is 5.69 Å². The van der Waals surface area contributed by atoms with Gasteiger partial charge >= 0.3 is 5.69 Å². The number of aliphatic hydroxyl groups is 1. The summed E-state index contributed by atoms with van der Waals surface area (Å²) in [6, 6.07) is 18.2. The van der Waals surface area contributed by atoms with Crippen molar-refractivity contribution in [2.24, 2.45) is 0 Å². The fourth-order valence-electron chi connectivity index (χ4n) is 3.61. The molecule has 3 aromatic rings. The minimum Gasteiger partial charge on any atom is -0.395 e. The smallest absolute Gasteiger partial charge is 0.350 e. The lowest BCUT2D eigenvalue weighted by molar-refractivity contribution is 0.0675. The molecule has 0 aliphatic carbocycles. The number of hydrogen-bond acceptors (Lipinski definition) is 6. The third-order valence-corrected chi connectivity index (χ3v) is 6.34. The number of benzene rings is 2. The molecular formula is C22H22N4O3S. The van der Waals surface area contributed by atoms with Crippen molar-refractivity contribution >= 4 is 11.8 Å². The van der Waals surface area contributed by atoms with E-state index in [9.17, 15) is 10.1 Å². The number of ether oxygens (including phenoxy) is 1. The van der Waals surface area contributed by atoms with Gasteiger partial charge in [0.25, 0.3) is 0 Å². The predicted molar refractivity (Wildman–Crippen MR) is 113 cm³/mol. The molecule has 4 rings (SSSR count). The normalized spacial score (nSPS) is 15.6. The fourth-order valence-corrected chi connectivity index (χ4v) is 4.48. The van der Waals surface area contributed by atoms with E-state index in [2.05, 4.69) is 17.2 Å². The monoisotopic (exact) mass is 422 g/mol. The second kappa shape index (κ2) is 8.88. The van der Waals surface area contributed by atoms with Crippen LogP contribution >= 0.6 is 11.8 Å². The lowest BCUT2D eigenvalue weighted by Crippen LogP contribution is -2.32. The molecule has 8 heteroatoms. The molecule has 0 atom stereocenters. The summed E-state index contributed by atoms with van der Waals surface area (Å²) < 4.78 is 8.13. The van der Waals surface area contributed by atoms with Crippen molar-refractivity contribution in [3.63, 3.8) is 0 Å². The Morgan fingerprint density at radius 3 is 2.63 bits per heavy atom. The molecule has 0 bridgehead atoms. The molecule has 154 valence electrons. The summed E-state index contributed by atoms with van der Waals surface area (Å²) >= 11 is 1.61. The zero-order valence-electron chi connectivity index (χ0n) is 16.4. The van der Waals surface area contributed by atoms with Gasteiger partial charge in [0, 0.05) is 23.0 Å². The zero-order valence-corrected chi connectivity index (χ0v) is 17.2. The van der Waals surface area contributed by atoms with Crippen molar-refractivity contribution in [3.05, 3.63) is 70.9 Å². The van der Waals surface area contributed by atoms with Gasteiger partial charge in [0.15, 0.2) is 0 Å². The van der Waals surface area contributed by atoms with Gasteiger partial charge in [-0.1, -0.05) is 23.9 Å². The Balaban J connectivity index is 1.53. The molecule has 1 N–H and O–H groups in total. The van der Waals surface area contributed by atoms with E-state index in [1.54, 1.807) is 11.8 Å². The first-order valence-electron chi connectivity index (χ1n) is 9.78. The Labute approximate surface area is 178 Å². The van der Waals surface area contributed by atoms with Crippen LogP contribution in [0.1, 0.15) is 18.4 Å². The Bertz CT molecular complexity index is 1110. The van der Waals surface area contributed by atoms with Crippen molar-refractivity contribution in [2.45, 2.75) is 34.6 Å². The van der Waals surface area contributed by atoms with Gasteiger partial charge in [-0.15, -0.1) is 0 Å². The Hall–Kier alpha value is -2.86. The highest BCUT2D eigenvalue weighted by Crippen LogP contribution is 2.37. The van der Waals surface area contributed by atoms with E-state index < -0.39 is 5.41 Å². The summed E-state index contributed by atoms with van der Waals surface area (Å²) in [5.41, 5.74) is 0.944. The Morgan fingerprint density at radius 1 is 1.17 bits per heavy atom. The summed E-state index contributed by atoms with van der Waals surface area (Å²) in [5.74, 6) is 0. The molecule has 1 saturated heterocycles. The van der Waals surface area contributed by atoms with E-state index in [1.165, 1.54) is 15.6 Å². The Kier molecular flexibility index (Phi) is 6.04. The average Bonchev–Trinajstić information content (AvgIpc) is 3.15. The minimum absolute atomic E-state index is 0.111. The van der Waals surface area contributed by atoms with E-state index in [1.807, 2.05) is 42.5 Å². The molecule has 2 aromatic carbocycles. The maximum absolute atomic E-state index is 12.3. The van der Waals surface area contributed by atoms with Crippen molar-refractivity contribution in [1.82, 2.24) is 14.3 Å². The number of aromatic nitrogens is 3. The molecule has 2 heterocycles. The Morgan fingerprint density at radius 2 is 1.93 bits per heavy atom. The van der Waals surface area contributed by atoms with Crippen LogP contribution in [0.2, 0.25) is 0 Å². The molecule has 1 fully saturated rings. The number of nitrogens with zero attached hydrogens (tertiary/aromatic N) is 4. The van der Waals surface area contributed by atoms with Gasteiger partial charge in [0.05, 0.1) is 30.3 Å². The van der Waals surface area contributed by atoms with Crippen LogP contribution in [0.5, 0.6) is 0 Å². The van der Waals surface area contributed by atoms with Crippen LogP contribution in [0, 0.1) is 11.3 Å². The number of hydrogen-bond donors (Lipinski definition) is 1. The van der Waals surface area contributed by atoms with E-state index in [0.717, 1.165) is 15.4 Å². The SMILES string of the molecule is N#CC1(c2cccc(Sc3ccc(-n4ncn(CCO)c4=O)cc3)c2)CCOCC1. The summed E-state index contributed by atoms with van der Waals surface area (Å²) in [6.07, 6.45) is 2.85. The summed E-state index contributed by atoms with van der Waals surface area (Å²) in [5, 5.41) is 22.9. The molecule has 0 unspecified atom stereocenters. The second-order valence-corrected chi connectivity index (χ2v) is 8.32. The summed E-state index contributed by atoms with van der Waals surface area (Å²) in [4.78, 5) is 14.4. The molecule has 0 saturated carbocycles. The first-order chi connectivity index (χ1) is 14.6. The number of aliphatic hydroxyl groups excluding tert-OH is 1. The van der Waals surface area contributed by atoms with Gasteiger partial charge < -0.3 is 9.84 Å². The van der Waals surface area contributed by atoms with Crippen molar-refractivity contribution < 1.29 is 9.84 Å². The first-order valence-corrected chi connectivity index (χ1v) is 10.6. The van der Waals surface area contributed by atoms with Crippen LogP contribution in [-0.2, 0) is 16.7 Å². The molecule has 1 aliphatic heterocycles. The van der Waals surface area contributed by atoms with Gasteiger partial charge in [-0.2, -0.15) is 15.0 Å². The van der Waals surface area contributed by atoms with Crippen LogP contribution in [0.15, 0.2) is 69.4 Å². The molecule has 0 amide bonds. The molecule has 1 aromatic heterocycles. The van der Waals surface area contributed by atoms with Crippen LogP contribution in [0.4, 0.5) is 0 Å². The lowest BCUT2D eigenvalue weighted by atomic mass is 9.75. The molecule has 30 heavy (non-hydrogen) atoms. The standard InChI is InChI=1S/C22H22N4O3S/c23-15-22(8-12-29-13-9-22)17-2-1-3-20(14-17)30-19-6-4-18(5-7-19)26-21(28)25(10-11-27)16-24-26/h1-7,14,16,27H,8-13H2. The maximum Gasteiger partial charge on any atom is 0.350 e. The average molecular weight is 423 g/mol. The summed E-state index contributed by atoms with van der Waals surface area (Å²) in [6.45, 7) is 1.33. The predicted octanol–water partition coefficient (Wildman–Crippen LogP) is 2.75. The molecular weight excluding hydrogens is 400 g/mol. The van der Waals surface area contributed by atoms with Crippen LogP contribution in [0.3, 0.4) is 0 Å². The molecule has 1 aliphatic rings. The third kappa shape index (κ3) is 4.05. The van der Waals surface area contributed by atoms with E-state index >= 15 is 0 Å². The zero-order chi connectivity index (χ0) is 21.0. The van der Waals surface area contributed by atoms with Gasteiger partial charge in [-0.05, 0) is 54.8 Å². The summed E-state index contributed by atoms with van der Waals surface area (Å²) in [7, 11) is 0. The topological polar surface area (TPSA) is 93.1 Å². The fraction of sp³-hybridized carbons (Fsp3) is 0.318. The molecule has 0 spiro atoms. The molecule has 7 nitrogen and oxygen atoms in total. The number of rotatable bonds is 6. The third-order valence-electron chi connectivity index (χ3n) is 5.34. The van der Waals surface area contributed by atoms with E-state index in [4.69, 9.17) is 9.84 Å². The first kappa shape index (κ1) is 20.4. The van der Waals surface area contributed by atoms with Crippen molar-refractivity contribution in [2.75, 3.05) is 19.8 Å². The van der Waals surface area contributed by atoms with E-state index in [-0.39, 0.29) is 18.8 Å².